The van der Waals surface area contributed by atoms with Crippen molar-refractivity contribution < 1.29 is 0 Å². The third-order valence-electron chi connectivity index (χ3n) is 7.82. The average molecular weight is 594 g/mol. The Kier molecular flexibility index (Phi) is 8.00. The Morgan fingerprint density at radius 1 is 0.459 bits per heavy atom. The minimum Gasteiger partial charge on any atom is -0.195 e. The molecule has 0 fully saturated rings. The first-order valence-corrected chi connectivity index (χ1v) is 18.8. The smallest absolute Gasteiger partial charge is 0.108 e. The number of aryl methyl sites for hydroxylation is 2. The molecular formula is C35H35BTe. The molecule has 0 unspecified atom stereocenters. The first-order chi connectivity index (χ1) is 18.1. The Morgan fingerprint density at radius 2 is 0.730 bits per heavy atom. The van der Waals surface area contributed by atoms with E-state index in [9.17, 15) is 0 Å². The van der Waals surface area contributed by atoms with Crippen LogP contribution in [0, 0.1) is 13.8 Å². The van der Waals surface area contributed by atoms with Crippen LogP contribution in [-0.2, 0) is 8.94 Å². The van der Waals surface area contributed by atoms with E-state index in [1.165, 1.54) is 41.9 Å². The minimum absolute atomic E-state index is 0.656. The van der Waals surface area contributed by atoms with E-state index in [0.29, 0.717) is 0 Å². The summed E-state index contributed by atoms with van der Waals surface area (Å²) in [4.78, 5) is 2.51. The van der Waals surface area contributed by atoms with Crippen LogP contribution in [0.25, 0.3) is 0 Å². The maximum atomic E-state index is 2.51. The van der Waals surface area contributed by atoms with Crippen LogP contribution in [0.4, 0.5) is 0 Å². The van der Waals surface area contributed by atoms with Gasteiger partial charge in [-0.25, -0.2) is 0 Å². The van der Waals surface area contributed by atoms with Gasteiger partial charge in [-0.05, 0) is 0 Å². The van der Waals surface area contributed by atoms with Crippen molar-refractivity contribution in [1.82, 2.24) is 0 Å². The maximum Gasteiger partial charge on any atom is 0.108 e. The predicted octanol–water partition coefficient (Wildman–Crippen LogP) is 5.67. The largest absolute Gasteiger partial charge is 0.195 e. The van der Waals surface area contributed by atoms with Crippen LogP contribution in [0.2, 0.25) is 4.97 Å². The standard InChI is InChI=1S/C24H20B.C11H15Te/c1-5-13-21(14-6-1)25(22-15-7-2-8-16-22,23-17-9-3-10-18-23)24-19-11-4-12-20-24;1-8-4-10-6-12(3)7-11(10)5-9(8)2/h1-20H;4-5H,6-7H2,1-3H3/q-1;+1. The molecule has 5 aromatic carbocycles. The van der Waals surface area contributed by atoms with Crippen molar-refractivity contribution in [3.8, 4) is 0 Å². The summed E-state index contributed by atoms with van der Waals surface area (Å²) in [5.41, 5.74) is 11.6. The quantitative estimate of drug-likeness (QED) is 0.236. The molecule has 5 aromatic rings. The molecule has 2 heteroatoms. The second kappa shape index (κ2) is 11.6. The third kappa shape index (κ3) is 5.33. The first-order valence-electron chi connectivity index (χ1n) is 13.1. The summed E-state index contributed by atoms with van der Waals surface area (Å²) in [5, 5.41) is 0. The van der Waals surface area contributed by atoms with E-state index in [4.69, 9.17) is 0 Å². The SMILES string of the molecule is Cc1cc2c(cc1C)C[Te+](C)C2.c1ccc([B-](c2ccccc2)(c2ccccc2)c2ccccc2)cc1. The molecule has 0 N–H and O–H groups in total. The van der Waals surface area contributed by atoms with Gasteiger partial charge in [0.25, 0.3) is 0 Å². The third-order valence-corrected chi connectivity index (χ3v) is 12.4. The number of hydrogen-bond donors (Lipinski definition) is 0. The van der Waals surface area contributed by atoms with Crippen molar-refractivity contribution in [2.75, 3.05) is 0 Å². The molecular weight excluding hydrogens is 559 g/mol. The molecule has 0 aromatic heterocycles. The summed E-state index contributed by atoms with van der Waals surface area (Å²) < 4.78 is 2.92. The summed E-state index contributed by atoms with van der Waals surface area (Å²) in [7, 11) is 0. The average Bonchev–Trinajstić information content (AvgIpc) is 3.31. The Balaban J connectivity index is 0.000000195. The molecule has 1 heterocycles. The van der Waals surface area contributed by atoms with E-state index in [0.717, 1.165) is 0 Å². The second-order valence-corrected chi connectivity index (χ2v) is 16.4. The van der Waals surface area contributed by atoms with E-state index in [2.05, 4.69) is 152 Å². The van der Waals surface area contributed by atoms with Crippen LogP contribution in [0.1, 0.15) is 22.3 Å². The van der Waals surface area contributed by atoms with Gasteiger partial charge in [0, 0.05) is 0 Å². The fraction of sp³-hybridized carbons (Fsp3) is 0.143. The van der Waals surface area contributed by atoms with Crippen molar-refractivity contribution in [3.05, 3.63) is 156 Å². The Labute approximate surface area is 230 Å². The summed E-state index contributed by atoms with van der Waals surface area (Å²) in [6.07, 6.45) is -1.22. The van der Waals surface area contributed by atoms with Crippen molar-refractivity contribution in [2.24, 2.45) is 0 Å². The van der Waals surface area contributed by atoms with Crippen LogP contribution in [0.5, 0.6) is 0 Å². The summed E-state index contributed by atoms with van der Waals surface area (Å²) in [6.45, 7) is 4.45. The fourth-order valence-electron chi connectivity index (χ4n) is 5.91. The number of hydrogen-bond acceptors (Lipinski definition) is 0. The van der Waals surface area contributed by atoms with Gasteiger partial charge < -0.3 is 0 Å². The fourth-order valence-corrected chi connectivity index (χ4v) is 10.8. The number of fused-ring (bicyclic) bond motifs is 1. The molecule has 0 radical (unpaired) electrons. The number of rotatable bonds is 4. The maximum absolute atomic E-state index is 2.51. The summed E-state index contributed by atoms with van der Waals surface area (Å²) in [5.74, 6) is 0. The monoisotopic (exact) mass is 596 g/mol. The van der Waals surface area contributed by atoms with Crippen molar-refractivity contribution in [2.45, 2.75) is 27.8 Å². The molecule has 0 saturated carbocycles. The van der Waals surface area contributed by atoms with E-state index < -0.39 is 25.7 Å². The molecule has 0 spiro atoms. The van der Waals surface area contributed by atoms with E-state index >= 15 is 0 Å². The van der Waals surface area contributed by atoms with Crippen molar-refractivity contribution >= 4 is 47.5 Å². The zero-order valence-corrected chi connectivity index (χ0v) is 24.4. The molecule has 1 aliphatic rings. The molecule has 6 rings (SSSR count). The van der Waals surface area contributed by atoms with Crippen molar-refractivity contribution in [3.63, 3.8) is 0 Å². The summed E-state index contributed by atoms with van der Waals surface area (Å²) >= 11 is -0.656. The van der Waals surface area contributed by atoms with Gasteiger partial charge >= 0.3 is 81.7 Å². The zero-order chi connectivity index (χ0) is 25.7. The van der Waals surface area contributed by atoms with Gasteiger partial charge in [-0.3, -0.25) is 0 Å². The molecule has 37 heavy (non-hydrogen) atoms. The van der Waals surface area contributed by atoms with E-state index in [1.807, 2.05) is 0 Å². The Morgan fingerprint density at radius 3 is 1.00 bits per heavy atom. The second-order valence-electron chi connectivity index (χ2n) is 10.3. The van der Waals surface area contributed by atoms with Gasteiger partial charge in [-0.1, -0.05) is 121 Å². The van der Waals surface area contributed by atoms with Gasteiger partial charge in [0.15, 0.2) is 0 Å². The van der Waals surface area contributed by atoms with E-state index in [1.54, 1.807) is 11.1 Å². The minimum atomic E-state index is -1.22. The van der Waals surface area contributed by atoms with Crippen LogP contribution in [0.15, 0.2) is 133 Å². The molecule has 0 amide bonds. The van der Waals surface area contributed by atoms with Crippen LogP contribution < -0.4 is 21.9 Å². The van der Waals surface area contributed by atoms with Crippen LogP contribution >= 0.6 is 0 Å². The summed E-state index contributed by atoms with van der Waals surface area (Å²) in [6, 6.07) is 48.3. The predicted molar refractivity (Wildman–Crippen MR) is 165 cm³/mol. The molecule has 0 aliphatic carbocycles. The molecule has 0 saturated heterocycles. The zero-order valence-electron chi connectivity index (χ0n) is 22.1. The molecule has 1 aliphatic heterocycles. The van der Waals surface area contributed by atoms with Gasteiger partial charge in [0.2, 0.25) is 0 Å². The Bertz CT molecular complexity index is 1240. The first kappa shape index (κ1) is 25.6. The van der Waals surface area contributed by atoms with Gasteiger partial charge in [0.05, 0.1) is 0 Å². The Hall–Kier alpha value is -3.05. The molecule has 0 bridgehead atoms. The topological polar surface area (TPSA) is 0 Å². The van der Waals surface area contributed by atoms with Crippen molar-refractivity contribution in [1.29, 1.82) is 0 Å². The van der Waals surface area contributed by atoms with Crippen LogP contribution in [-0.4, -0.2) is 25.7 Å². The normalized spacial score (nSPS) is 12.9. The molecule has 184 valence electrons. The van der Waals surface area contributed by atoms with E-state index in [-0.39, 0.29) is 0 Å². The van der Waals surface area contributed by atoms with Crippen LogP contribution in [0.3, 0.4) is 0 Å². The number of benzene rings is 5. The molecule has 0 atom stereocenters. The van der Waals surface area contributed by atoms with Gasteiger partial charge in [0.1, 0.15) is 6.15 Å². The van der Waals surface area contributed by atoms with Gasteiger partial charge in [-0.15, -0.1) is 0 Å². The molecule has 0 nitrogen and oxygen atoms in total. The van der Waals surface area contributed by atoms with Gasteiger partial charge in [-0.2, -0.15) is 21.9 Å².